The van der Waals surface area contributed by atoms with Gasteiger partial charge in [0.1, 0.15) is 0 Å². The molecule has 28 heavy (non-hydrogen) atoms. The van der Waals surface area contributed by atoms with E-state index in [0.717, 1.165) is 27.6 Å². The minimum Gasteiger partial charge on any atom is -0.321 e. The molecule has 3 nitrogen and oxygen atoms in total. The molecular weight excluding hydrogens is 364 g/mol. The predicted molar refractivity (Wildman–Crippen MR) is 116 cm³/mol. The molecule has 2 N–H and O–H groups in total. The molecule has 142 valence electrons. The number of benzene rings is 2. The molecule has 0 radical (unpaired) electrons. The van der Waals surface area contributed by atoms with E-state index in [2.05, 4.69) is 34.9 Å². The van der Waals surface area contributed by atoms with Crippen LogP contribution in [0.25, 0.3) is 11.1 Å². The second kappa shape index (κ2) is 7.53. The van der Waals surface area contributed by atoms with Crippen LogP contribution in [0.2, 0.25) is 0 Å². The van der Waals surface area contributed by atoms with Crippen LogP contribution in [0.4, 0.5) is 5.69 Å². The van der Waals surface area contributed by atoms with Gasteiger partial charge < -0.3 is 10.6 Å². The van der Waals surface area contributed by atoms with Gasteiger partial charge in [0.15, 0.2) is 0 Å². The maximum Gasteiger partial charge on any atom is 0.265 e. The first-order valence-corrected chi connectivity index (χ1v) is 10.9. The molecule has 2 aromatic carbocycles. The van der Waals surface area contributed by atoms with Gasteiger partial charge >= 0.3 is 0 Å². The Hall–Kier alpha value is -2.43. The van der Waals surface area contributed by atoms with Gasteiger partial charge in [0.25, 0.3) is 5.91 Å². The topological polar surface area (TPSA) is 41.1 Å². The number of nitrogens with one attached hydrogen (secondary N) is 2. The lowest BCUT2D eigenvalue weighted by molar-refractivity contribution is 0.103. The smallest absolute Gasteiger partial charge is 0.265 e. The Morgan fingerprint density at radius 3 is 2.54 bits per heavy atom. The number of thiophene rings is 1. The van der Waals surface area contributed by atoms with Gasteiger partial charge in [0.05, 0.1) is 4.88 Å². The fourth-order valence-corrected chi connectivity index (χ4v) is 4.48. The lowest BCUT2D eigenvalue weighted by Crippen LogP contribution is -2.20. The third-order valence-electron chi connectivity index (χ3n) is 5.68. The number of amides is 1. The SMILES string of the molecule is O=C(Nc1ccc(C2CC2NCC2CC2)cc1)c1cc(-c2ccccc2)cs1. The van der Waals surface area contributed by atoms with E-state index in [-0.39, 0.29) is 5.91 Å². The van der Waals surface area contributed by atoms with E-state index in [1.54, 1.807) is 0 Å². The molecule has 2 aliphatic carbocycles. The Kier molecular flexibility index (Phi) is 4.75. The molecule has 2 unspecified atom stereocenters. The molecule has 0 spiro atoms. The van der Waals surface area contributed by atoms with E-state index in [1.807, 2.05) is 41.8 Å². The van der Waals surface area contributed by atoms with Crippen molar-refractivity contribution in [1.29, 1.82) is 0 Å². The maximum atomic E-state index is 12.6. The minimum atomic E-state index is -0.0460. The number of carbonyl (C=O) groups excluding carboxylic acids is 1. The highest BCUT2D eigenvalue weighted by molar-refractivity contribution is 7.12. The van der Waals surface area contributed by atoms with E-state index in [4.69, 9.17) is 0 Å². The van der Waals surface area contributed by atoms with Crippen molar-refractivity contribution in [3.63, 3.8) is 0 Å². The summed E-state index contributed by atoms with van der Waals surface area (Å²) in [7, 11) is 0. The zero-order valence-electron chi connectivity index (χ0n) is 15.7. The molecule has 3 aromatic rings. The van der Waals surface area contributed by atoms with E-state index in [0.29, 0.717) is 12.0 Å². The number of anilines is 1. The number of rotatable bonds is 7. The van der Waals surface area contributed by atoms with Crippen molar-refractivity contribution in [3.8, 4) is 11.1 Å². The molecule has 2 aliphatic rings. The van der Waals surface area contributed by atoms with Crippen LogP contribution in [0.1, 0.15) is 40.4 Å². The first-order valence-electron chi connectivity index (χ1n) is 10.0. The fraction of sp³-hybridized carbons (Fsp3) is 0.292. The molecule has 0 saturated heterocycles. The van der Waals surface area contributed by atoms with Crippen molar-refractivity contribution in [2.45, 2.75) is 31.2 Å². The van der Waals surface area contributed by atoms with Crippen molar-refractivity contribution < 1.29 is 4.79 Å². The van der Waals surface area contributed by atoms with Gasteiger partial charge in [-0.05, 0) is 72.0 Å². The van der Waals surface area contributed by atoms with Crippen molar-refractivity contribution in [3.05, 3.63) is 76.5 Å². The van der Waals surface area contributed by atoms with Crippen molar-refractivity contribution in [1.82, 2.24) is 5.32 Å². The number of carbonyl (C=O) groups is 1. The molecule has 5 rings (SSSR count). The van der Waals surface area contributed by atoms with Gasteiger partial charge in [-0.1, -0.05) is 42.5 Å². The Morgan fingerprint density at radius 2 is 1.79 bits per heavy atom. The fourth-order valence-electron chi connectivity index (χ4n) is 3.67. The second-order valence-corrected chi connectivity index (χ2v) is 8.85. The van der Waals surface area contributed by atoms with Gasteiger partial charge in [0.2, 0.25) is 0 Å². The largest absolute Gasteiger partial charge is 0.321 e. The van der Waals surface area contributed by atoms with Crippen LogP contribution in [0.15, 0.2) is 66.0 Å². The molecule has 1 amide bonds. The number of hydrogen-bond donors (Lipinski definition) is 2. The average Bonchev–Trinajstić information content (AvgIpc) is 3.65. The van der Waals surface area contributed by atoms with E-state index < -0.39 is 0 Å². The average molecular weight is 389 g/mol. The summed E-state index contributed by atoms with van der Waals surface area (Å²) in [5.74, 6) is 1.52. The monoisotopic (exact) mass is 388 g/mol. The zero-order valence-corrected chi connectivity index (χ0v) is 16.5. The molecule has 2 saturated carbocycles. The first kappa shape index (κ1) is 17.7. The summed E-state index contributed by atoms with van der Waals surface area (Å²) in [6, 6.07) is 21.1. The molecule has 1 aromatic heterocycles. The highest BCUT2D eigenvalue weighted by Gasteiger charge is 2.38. The van der Waals surface area contributed by atoms with Crippen LogP contribution >= 0.6 is 11.3 Å². The van der Waals surface area contributed by atoms with Crippen LogP contribution in [0.5, 0.6) is 0 Å². The van der Waals surface area contributed by atoms with Gasteiger partial charge in [-0.15, -0.1) is 11.3 Å². The molecule has 0 bridgehead atoms. The summed E-state index contributed by atoms with van der Waals surface area (Å²) in [6.07, 6.45) is 4.03. The summed E-state index contributed by atoms with van der Waals surface area (Å²) in [4.78, 5) is 13.3. The maximum absolute atomic E-state index is 12.6. The predicted octanol–water partition coefficient (Wildman–Crippen LogP) is 5.52. The quantitative estimate of drug-likeness (QED) is 0.559. The highest BCUT2D eigenvalue weighted by atomic mass is 32.1. The van der Waals surface area contributed by atoms with Gasteiger partial charge in [0, 0.05) is 17.6 Å². The summed E-state index contributed by atoms with van der Waals surface area (Å²) < 4.78 is 0. The Bertz CT molecular complexity index is 960. The standard InChI is InChI=1S/C24H24N2OS/c27-24(23-12-19(15-28-23)17-4-2-1-3-5-17)26-20-10-8-18(9-11-20)21-13-22(21)25-14-16-6-7-16/h1-5,8-12,15-16,21-22,25H,6-7,13-14H2,(H,26,27). The van der Waals surface area contributed by atoms with Gasteiger partial charge in [-0.3, -0.25) is 4.79 Å². The summed E-state index contributed by atoms with van der Waals surface area (Å²) >= 11 is 1.48. The molecule has 1 heterocycles. The Balaban J connectivity index is 1.18. The van der Waals surface area contributed by atoms with Crippen LogP contribution < -0.4 is 10.6 Å². The van der Waals surface area contributed by atoms with E-state index in [9.17, 15) is 4.79 Å². The third kappa shape index (κ3) is 4.03. The Labute approximate surface area is 169 Å². The van der Waals surface area contributed by atoms with E-state index in [1.165, 1.54) is 42.7 Å². The molecule has 2 fully saturated rings. The minimum absolute atomic E-state index is 0.0460. The van der Waals surface area contributed by atoms with Crippen molar-refractivity contribution in [2.24, 2.45) is 5.92 Å². The van der Waals surface area contributed by atoms with Crippen molar-refractivity contribution >= 4 is 22.9 Å². The summed E-state index contributed by atoms with van der Waals surface area (Å²) in [5, 5.41) is 8.74. The van der Waals surface area contributed by atoms with Crippen molar-refractivity contribution in [2.75, 3.05) is 11.9 Å². The van der Waals surface area contributed by atoms with Crippen LogP contribution in [0.3, 0.4) is 0 Å². The number of hydrogen-bond acceptors (Lipinski definition) is 3. The van der Waals surface area contributed by atoms with Gasteiger partial charge in [-0.25, -0.2) is 0 Å². The molecule has 4 heteroatoms. The lowest BCUT2D eigenvalue weighted by atomic mass is 10.1. The van der Waals surface area contributed by atoms with Crippen LogP contribution in [-0.2, 0) is 0 Å². The third-order valence-corrected chi connectivity index (χ3v) is 6.61. The normalized spacial score (nSPS) is 20.7. The molecule has 0 aliphatic heterocycles. The van der Waals surface area contributed by atoms with E-state index >= 15 is 0 Å². The summed E-state index contributed by atoms with van der Waals surface area (Å²) in [5.41, 5.74) is 4.45. The van der Waals surface area contributed by atoms with Crippen LogP contribution in [0, 0.1) is 5.92 Å². The second-order valence-electron chi connectivity index (χ2n) is 7.94. The zero-order chi connectivity index (χ0) is 18.9. The van der Waals surface area contributed by atoms with Gasteiger partial charge in [-0.2, -0.15) is 0 Å². The summed E-state index contributed by atoms with van der Waals surface area (Å²) in [6.45, 7) is 1.18. The Morgan fingerprint density at radius 1 is 1.00 bits per heavy atom. The lowest BCUT2D eigenvalue weighted by Gasteiger charge is -2.06. The van der Waals surface area contributed by atoms with Crippen LogP contribution in [-0.4, -0.2) is 18.5 Å². The first-order chi connectivity index (χ1) is 13.8. The molecular formula is C24H24N2OS. The highest BCUT2D eigenvalue weighted by Crippen LogP contribution is 2.42. The molecule has 2 atom stereocenters.